The number of hydrogen-bond acceptors (Lipinski definition) is 5. The third-order valence-corrected chi connectivity index (χ3v) is 2.88. The number of anilines is 2. The molecule has 0 unspecified atom stereocenters. The highest BCUT2D eigenvalue weighted by molar-refractivity contribution is 5.64. The van der Waals surface area contributed by atoms with Crippen LogP contribution in [0.15, 0.2) is 18.2 Å². The zero-order chi connectivity index (χ0) is 12.3. The summed E-state index contributed by atoms with van der Waals surface area (Å²) in [6, 6.07) is 5.12. The monoisotopic (exact) mass is 236 g/mol. The van der Waals surface area contributed by atoms with Crippen molar-refractivity contribution in [2.24, 2.45) is 0 Å². The van der Waals surface area contributed by atoms with Crippen molar-refractivity contribution in [2.75, 3.05) is 43.4 Å². The van der Waals surface area contributed by atoms with Crippen LogP contribution in [0.4, 0.5) is 17.1 Å². The van der Waals surface area contributed by atoms with Crippen molar-refractivity contribution in [3.8, 4) is 0 Å². The van der Waals surface area contributed by atoms with Crippen molar-refractivity contribution in [1.29, 1.82) is 0 Å². The van der Waals surface area contributed by atoms with Gasteiger partial charge in [-0.2, -0.15) is 0 Å². The third-order valence-electron chi connectivity index (χ3n) is 2.88. The molecule has 0 spiro atoms. The molecule has 2 N–H and O–H groups in total. The molecule has 6 nitrogen and oxygen atoms in total. The molecule has 1 heterocycles. The molecular formula is C11H16N4O2. The lowest BCUT2D eigenvalue weighted by Gasteiger charge is -2.29. The van der Waals surface area contributed by atoms with Crippen LogP contribution >= 0.6 is 0 Å². The van der Waals surface area contributed by atoms with Crippen molar-refractivity contribution in [3.05, 3.63) is 28.3 Å². The number of hydrogen-bond donors (Lipinski definition) is 2. The first-order valence-corrected chi connectivity index (χ1v) is 5.63. The second-order valence-corrected chi connectivity index (χ2v) is 3.98. The maximum absolute atomic E-state index is 10.9. The summed E-state index contributed by atoms with van der Waals surface area (Å²) in [6.45, 7) is 3.59. The zero-order valence-corrected chi connectivity index (χ0v) is 9.77. The molecule has 1 aromatic rings. The van der Waals surface area contributed by atoms with Gasteiger partial charge in [0.2, 0.25) is 0 Å². The molecule has 6 heteroatoms. The van der Waals surface area contributed by atoms with Gasteiger partial charge in [-0.05, 0) is 6.07 Å². The molecule has 1 aromatic carbocycles. The Morgan fingerprint density at radius 1 is 1.35 bits per heavy atom. The molecule has 0 radical (unpaired) electrons. The molecule has 1 aliphatic heterocycles. The number of rotatable bonds is 3. The Labute approximate surface area is 99.8 Å². The van der Waals surface area contributed by atoms with E-state index in [-0.39, 0.29) is 10.6 Å². The number of nitrogens with zero attached hydrogens (tertiary/aromatic N) is 2. The molecule has 1 saturated heterocycles. The summed E-state index contributed by atoms with van der Waals surface area (Å²) in [5.41, 5.74) is 1.81. The number of nitro benzene ring substituents is 1. The third kappa shape index (κ3) is 2.65. The summed E-state index contributed by atoms with van der Waals surface area (Å²) in [6.07, 6.45) is 0. The second kappa shape index (κ2) is 5.01. The topological polar surface area (TPSA) is 70.4 Å². The van der Waals surface area contributed by atoms with Crippen LogP contribution in [-0.4, -0.2) is 38.2 Å². The van der Waals surface area contributed by atoms with Crippen LogP contribution in [-0.2, 0) is 0 Å². The van der Waals surface area contributed by atoms with E-state index in [1.165, 1.54) is 0 Å². The Morgan fingerprint density at radius 2 is 2.06 bits per heavy atom. The van der Waals surface area contributed by atoms with Crippen LogP contribution in [0.5, 0.6) is 0 Å². The van der Waals surface area contributed by atoms with Crippen LogP contribution < -0.4 is 15.5 Å². The van der Waals surface area contributed by atoms with E-state index in [9.17, 15) is 10.1 Å². The van der Waals surface area contributed by atoms with E-state index in [0.29, 0.717) is 0 Å². The van der Waals surface area contributed by atoms with Gasteiger partial charge in [-0.15, -0.1) is 0 Å². The molecule has 1 fully saturated rings. The fraction of sp³-hybridized carbons (Fsp3) is 0.455. The van der Waals surface area contributed by atoms with E-state index in [1.807, 2.05) is 6.07 Å². The first-order valence-electron chi connectivity index (χ1n) is 5.63. The molecule has 0 aromatic heterocycles. The summed E-state index contributed by atoms with van der Waals surface area (Å²) < 4.78 is 0. The zero-order valence-electron chi connectivity index (χ0n) is 9.77. The largest absolute Gasteiger partial charge is 0.388 e. The average Bonchev–Trinajstić information content (AvgIpc) is 2.39. The molecule has 0 aliphatic carbocycles. The number of piperazine rings is 1. The lowest BCUT2D eigenvalue weighted by molar-refractivity contribution is -0.384. The number of nitrogens with one attached hydrogen (secondary N) is 2. The van der Waals surface area contributed by atoms with Gasteiger partial charge in [-0.25, -0.2) is 0 Å². The van der Waals surface area contributed by atoms with E-state index >= 15 is 0 Å². The van der Waals surface area contributed by atoms with Crippen LogP contribution in [0.2, 0.25) is 0 Å². The molecule has 92 valence electrons. The summed E-state index contributed by atoms with van der Waals surface area (Å²) >= 11 is 0. The van der Waals surface area contributed by atoms with E-state index in [2.05, 4.69) is 15.5 Å². The highest BCUT2D eigenvalue weighted by Gasteiger charge is 2.15. The molecule has 0 amide bonds. The van der Waals surface area contributed by atoms with Gasteiger partial charge >= 0.3 is 0 Å². The van der Waals surface area contributed by atoms with Gasteiger partial charge in [0.1, 0.15) is 0 Å². The first kappa shape index (κ1) is 11.7. The minimum absolute atomic E-state index is 0.130. The summed E-state index contributed by atoms with van der Waals surface area (Å²) in [5, 5.41) is 17.1. The number of non-ortho nitro benzene ring substituents is 1. The van der Waals surface area contributed by atoms with Crippen LogP contribution in [0.1, 0.15) is 0 Å². The van der Waals surface area contributed by atoms with Gasteiger partial charge in [0.15, 0.2) is 0 Å². The Bertz CT molecular complexity index is 416. The van der Waals surface area contributed by atoms with Gasteiger partial charge in [0.25, 0.3) is 5.69 Å². The smallest absolute Gasteiger partial charge is 0.273 e. The molecule has 0 saturated carbocycles. The van der Waals surface area contributed by atoms with Crippen molar-refractivity contribution in [2.45, 2.75) is 0 Å². The summed E-state index contributed by atoms with van der Waals surface area (Å²) in [7, 11) is 1.76. The highest BCUT2D eigenvalue weighted by atomic mass is 16.6. The van der Waals surface area contributed by atoms with Crippen LogP contribution in [0.25, 0.3) is 0 Å². The Hall–Kier alpha value is -1.82. The van der Waals surface area contributed by atoms with E-state index < -0.39 is 0 Å². The fourth-order valence-corrected chi connectivity index (χ4v) is 1.95. The SMILES string of the molecule is CNc1cc(N2CCNCC2)cc([N+](=O)[O-])c1. The molecule has 0 atom stereocenters. The second-order valence-electron chi connectivity index (χ2n) is 3.98. The Balaban J connectivity index is 2.31. The van der Waals surface area contributed by atoms with Gasteiger partial charge in [0, 0.05) is 56.7 Å². The van der Waals surface area contributed by atoms with Crippen molar-refractivity contribution < 1.29 is 4.92 Å². The standard InChI is InChI=1S/C11H16N4O2/c1-12-9-6-10(8-11(7-9)15(16)17)14-4-2-13-3-5-14/h6-8,12-13H,2-5H2,1H3. The fourth-order valence-electron chi connectivity index (χ4n) is 1.95. The van der Waals surface area contributed by atoms with Crippen LogP contribution in [0.3, 0.4) is 0 Å². The summed E-state index contributed by atoms with van der Waals surface area (Å²) in [5.74, 6) is 0. The minimum Gasteiger partial charge on any atom is -0.388 e. The maximum Gasteiger partial charge on any atom is 0.273 e. The van der Waals surface area contributed by atoms with Gasteiger partial charge in [-0.1, -0.05) is 0 Å². The molecular weight excluding hydrogens is 220 g/mol. The molecule has 0 bridgehead atoms. The molecule has 2 rings (SSSR count). The minimum atomic E-state index is -0.355. The van der Waals surface area contributed by atoms with Crippen molar-refractivity contribution in [1.82, 2.24) is 5.32 Å². The number of benzene rings is 1. The normalized spacial score (nSPS) is 15.7. The lowest BCUT2D eigenvalue weighted by Crippen LogP contribution is -2.43. The number of nitro groups is 1. The van der Waals surface area contributed by atoms with E-state index in [1.54, 1.807) is 19.2 Å². The quantitative estimate of drug-likeness (QED) is 0.606. The molecule has 17 heavy (non-hydrogen) atoms. The average molecular weight is 236 g/mol. The predicted molar refractivity (Wildman–Crippen MR) is 67.7 cm³/mol. The van der Waals surface area contributed by atoms with E-state index in [0.717, 1.165) is 37.6 Å². The van der Waals surface area contributed by atoms with E-state index in [4.69, 9.17) is 0 Å². The van der Waals surface area contributed by atoms with Gasteiger partial charge < -0.3 is 15.5 Å². The van der Waals surface area contributed by atoms with Crippen molar-refractivity contribution in [3.63, 3.8) is 0 Å². The first-order chi connectivity index (χ1) is 8.20. The lowest BCUT2D eigenvalue weighted by atomic mass is 10.2. The van der Waals surface area contributed by atoms with Crippen molar-refractivity contribution >= 4 is 17.1 Å². The Morgan fingerprint density at radius 3 is 2.65 bits per heavy atom. The van der Waals surface area contributed by atoms with Crippen LogP contribution in [0, 0.1) is 10.1 Å². The maximum atomic E-state index is 10.9. The summed E-state index contributed by atoms with van der Waals surface area (Å²) in [4.78, 5) is 12.7. The van der Waals surface area contributed by atoms with Gasteiger partial charge in [-0.3, -0.25) is 10.1 Å². The molecule has 1 aliphatic rings. The Kier molecular flexibility index (Phi) is 3.43. The highest BCUT2D eigenvalue weighted by Crippen LogP contribution is 2.26. The van der Waals surface area contributed by atoms with Gasteiger partial charge in [0.05, 0.1) is 4.92 Å². The predicted octanol–water partition coefficient (Wildman–Crippen LogP) is 1.05.